The van der Waals surface area contributed by atoms with Crippen LogP contribution in [0.15, 0.2) is 48.8 Å². The summed E-state index contributed by atoms with van der Waals surface area (Å²) in [7, 11) is 0. The van der Waals surface area contributed by atoms with Crippen molar-refractivity contribution in [1.29, 1.82) is 5.26 Å². The normalized spacial score (nSPS) is 25.8. The highest BCUT2D eigenvalue weighted by Gasteiger charge is 2.46. The molecule has 2 saturated heterocycles. The molecule has 0 bridgehead atoms. The maximum Gasteiger partial charge on any atom is 0.138 e. The van der Waals surface area contributed by atoms with Gasteiger partial charge in [-0.05, 0) is 42.8 Å². The van der Waals surface area contributed by atoms with Gasteiger partial charge in [0.25, 0.3) is 0 Å². The highest BCUT2D eigenvalue weighted by molar-refractivity contribution is 5.51. The van der Waals surface area contributed by atoms with E-state index in [-0.39, 0.29) is 11.7 Å². The molecule has 2 fully saturated rings. The lowest BCUT2D eigenvalue weighted by atomic mass is 9.98. The van der Waals surface area contributed by atoms with Gasteiger partial charge in [0.15, 0.2) is 0 Å². The van der Waals surface area contributed by atoms with Crippen LogP contribution in [0.25, 0.3) is 0 Å². The molecule has 3 heterocycles. The molecule has 5 nitrogen and oxygen atoms in total. The van der Waals surface area contributed by atoms with Crippen molar-refractivity contribution >= 4 is 5.69 Å². The van der Waals surface area contributed by atoms with E-state index in [1.807, 2.05) is 36.4 Å². The highest BCUT2D eigenvalue weighted by atomic mass is 16.6. The van der Waals surface area contributed by atoms with Gasteiger partial charge in [0.05, 0.1) is 30.0 Å². The maximum absolute atomic E-state index is 8.91. The highest BCUT2D eigenvalue weighted by Crippen LogP contribution is 2.38. The van der Waals surface area contributed by atoms with E-state index in [1.54, 1.807) is 12.4 Å². The SMILES string of the molecule is N#Cc1ccc(N2CC[C@@]3(C[C@H](Oc4cccnc4)CO3)C2)cc1. The van der Waals surface area contributed by atoms with Gasteiger partial charge in [-0.1, -0.05) is 0 Å². The van der Waals surface area contributed by atoms with Gasteiger partial charge in [0.2, 0.25) is 0 Å². The number of hydrogen-bond acceptors (Lipinski definition) is 5. The monoisotopic (exact) mass is 321 g/mol. The minimum Gasteiger partial charge on any atom is -0.486 e. The molecule has 2 aromatic rings. The Morgan fingerprint density at radius 2 is 2.17 bits per heavy atom. The molecular formula is C19H19N3O2. The molecule has 0 radical (unpaired) electrons. The Morgan fingerprint density at radius 1 is 1.29 bits per heavy atom. The lowest BCUT2D eigenvalue weighted by Crippen LogP contribution is -2.33. The van der Waals surface area contributed by atoms with Crippen LogP contribution < -0.4 is 9.64 Å². The van der Waals surface area contributed by atoms with E-state index < -0.39 is 0 Å². The summed E-state index contributed by atoms with van der Waals surface area (Å²) in [5, 5.41) is 8.91. The van der Waals surface area contributed by atoms with Gasteiger partial charge in [-0.15, -0.1) is 0 Å². The summed E-state index contributed by atoms with van der Waals surface area (Å²) in [4.78, 5) is 6.41. The van der Waals surface area contributed by atoms with E-state index in [1.165, 1.54) is 0 Å². The number of nitriles is 1. The molecule has 2 atom stereocenters. The lowest BCUT2D eigenvalue weighted by Gasteiger charge is -2.24. The van der Waals surface area contributed by atoms with Crippen LogP contribution in [0.4, 0.5) is 5.69 Å². The number of nitrogens with zero attached hydrogens (tertiary/aromatic N) is 3. The number of rotatable bonds is 3. The third-order valence-electron chi connectivity index (χ3n) is 4.79. The predicted molar refractivity (Wildman–Crippen MR) is 89.9 cm³/mol. The van der Waals surface area contributed by atoms with E-state index in [0.29, 0.717) is 12.2 Å². The Hall–Kier alpha value is -2.58. The molecule has 0 amide bonds. The molecule has 2 aliphatic rings. The Labute approximate surface area is 141 Å². The molecule has 1 aromatic heterocycles. The second-order valence-electron chi connectivity index (χ2n) is 6.46. The van der Waals surface area contributed by atoms with Crippen LogP contribution in [-0.4, -0.2) is 36.4 Å². The molecule has 0 N–H and O–H groups in total. The summed E-state index contributed by atoms with van der Waals surface area (Å²) in [5.74, 6) is 0.796. The molecule has 2 aliphatic heterocycles. The number of aromatic nitrogens is 1. The molecule has 5 heteroatoms. The van der Waals surface area contributed by atoms with Crippen molar-refractivity contribution in [3.8, 4) is 11.8 Å². The lowest BCUT2D eigenvalue weighted by molar-refractivity contribution is 0.0195. The van der Waals surface area contributed by atoms with Crippen LogP contribution in [0, 0.1) is 11.3 Å². The first-order chi connectivity index (χ1) is 11.8. The van der Waals surface area contributed by atoms with E-state index in [2.05, 4.69) is 16.0 Å². The third kappa shape index (κ3) is 2.93. The van der Waals surface area contributed by atoms with E-state index in [4.69, 9.17) is 14.7 Å². The fourth-order valence-corrected chi connectivity index (χ4v) is 3.58. The zero-order valence-corrected chi connectivity index (χ0v) is 13.4. The summed E-state index contributed by atoms with van der Waals surface area (Å²) < 4.78 is 12.1. The number of benzene rings is 1. The maximum atomic E-state index is 8.91. The van der Waals surface area contributed by atoms with Crippen LogP contribution in [0.3, 0.4) is 0 Å². The van der Waals surface area contributed by atoms with Gasteiger partial charge in [-0.25, -0.2) is 0 Å². The Kier molecular flexibility index (Phi) is 3.83. The van der Waals surface area contributed by atoms with Crippen LogP contribution in [0.5, 0.6) is 5.75 Å². The van der Waals surface area contributed by atoms with Crippen LogP contribution >= 0.6 is 0 Å². The molecular weight excluding hydrogens is 302 g/mol. The molecule has 0 aliphatic carbocycles. The first-order valence-electron chi connectivity index (χ1n) is 8.22. The van der Waals surface area contributed by atoms with Gasteiger partial charge in [0.1, 0.15) is 11.9 Å². The van der Waals surface area contributed by atoms with Gasteiger partial charge >= 0.3 is 0 Å². The average Bonchev–Trinajstić information content (AvgIpc) is 3.23. The van der Waals surface area contributed by atoms with Crippen molar-refractivity contribution in [3.63, 3.8) is 0 Å². The standard InChI is InChI=1S/C19H19N3O2/c20-11-15-3-5-16(6-4-15)22-9-7-19(14-22)10-18(13-23-19)24-17-2-1-8-21-12-17/h1-6,8,12,18H,7,9-10,13-14H2/t18-,19+/m0/s1. The predicted octanol–water partition coefficient (Wildman–Crippen LogP) is 2.77. The van der Waals surface area contributed by atoms with E-state index in [0.717, 1.165) is 37.4 Å². The minimum atomic E-state index is -0.124. The largest absolute Gasteiger partial charge is 0.486 e. The van der Waals surface area contributed by atoms with Crippen molar-refractivity contribution < 1.29 is 9.47 Å². The Balaban J connectivity index is 1.40. The first kappa shape index (κ1) is 15.0. The molecule has 4 rings (SSSR count). The second kappa shape index (κ2) is 6.14. The summed E-state index contributed by atoms with van der Waals surface area (Å²) in [6.07, 6.45) is 5.46. The summed E-state index contributed by atoms with van der Waals surface area (Å²) >= 11 is 0. The summed E-state index contributed by atoms with van der Waals surface area (Å²) in [6, 6.07) is 13.7. The number of pyridine rings is 1. The Morgan fingerprint density at radius 3 is 2.92 bits per heavy atom. The van der Waals surface area contributed by atoms with Crippen molar-refractivity contribution in [2.45, 2.75) is 24.5 Å². The number of hydrogen-bond donors (Lipinski definition) is 0. The average molecular weight is 321 g/mol. The van der Waals surface area contributed by atoms with E-state index in [9.17, 15) is 0 Å². The zero-order valence-electron chi connectivity index (χ0n) is 13.4. The van der Waals surface area contributed by atoms with Crippen LogP contribution in [0.2, 0.25) is 0 Å². The number of ether oxygens (including phenoxy) is 2. The molecule has 1 aromatic carbocycles. The molecule has 0 saturated carbocycles. The fraction of sp³-hybridized carbons (Fsp3) is 0.368. The molecule has 0 unspecified atom stereocenters. The number of anilines is 1. The van der Waals surface area contributed by atoms with Crippen LogP contribution in [-0.2, 0) is 4.74 Å². The van der Waals surface area contributed by atoms with Crippen molar-refractivity contribution in [2.75, 3.05) is 24.6 Å². The summed E-state index contributed by atoms with van der Waals surface area (Å²) in [5.41, 5.74) is 1.71. The van der Waals surface area contributed by atoms with Gasteiger partial charge in [-0.3, -0.25) is 4.98 Å². The van der Waals surface area contributed by atoms with Crippen molar-refractivity contribution in [3.05, 3.63) is 54.4 Å². The zero-order chi connectivity index (χ0) is 16.4. The summed E-state index contributed by atoms with van der Waals surface area (Å²) in [6.45, 7) is 2.45. The quantitative estimate of drug-likeness (QED) is 0.870. The van der Waals surface area contributed by atoms with Crippen molar-refractivity contribution in [1.82, 2.24) is 4.98 Å². The fourth-order valence-electron chi connectivity index (χ4n) is 3.58. The smallest absolute Gasteiger partial charge is 0.138 e. The first-order valence-corrected chi connectivity index (χ1v) is 8.22. The molecule has 122 valence electrons. The van der Waals surface area contributed by atoms with Gasteiger partial charge < -0.3 is 14.4 Å². The minimum absolute atomic E-state index is 0.0788. The topological polar surface area (TPSA) is 58.4 Å². The molecule has 24 heavy (non-hydrogen) atoms. The second-order valence-corrected chi connectivity index (χ2v) is 6.46. The van der Waals surface area contributed by atoms with E-state index >= 15 is 0 Å². The van der Waals surface area contributed by atoms with Gasteiger partial charge in [0, 0.05) is 31.4 Å². The third-order valence-corrected chi connectivity index (χ3v) is 4.79. The Bertz CT molecular complexity index is 741. The van der Waals surface area contributed by atoms with Crippen molar-refractivity contribution in [2.24, 2.45) is 0 Å². The molecule has 1 spiro atoms. The van der Waals surface area contributed by atoms with Crippen LogP contribution in [0.1, 0.15) is 18.4 Å². The van der Waals surface area contributed by atoms with Gasteiger partial charge in [-0.2, -0.15) is 5.26 Å².